The lowest BCUT2D eigenvalue weighted by atomic mass is 10.2. The molecule has 1 amide bonds. The van der Waals surface area contributed by atoms with Gasteiger partial charge in [0, 0.05) is 79.5 Å². The van der Waals surface area contributed by atoms with Crippen LogP contribution < -0.4 is 15.5 Å². The Bertz CT molecular complexity index is 1160. The van der Waals surface area contributed by atoms with E-state index in [9.17, 15) is 4.79 Å². The van der Waals surface area contributed by atoms with Gasteiger partial charge in [0.2, 0.25) is 5.91 Å². The fourth-order valence-electron chi connectivity index (χ4n) is 3.67. The van der Waals surface area contributed by atoms with E-state index in [0.29, 0.717) is 5.82 Å². The van der Waals surface area contributed by atoms with Crippen molar-refractivity contribution in [3.63, 3.8) is 0 Å². The Morgan fingerprint density at radius 2 is 2.06 bits per heavy atom. The highest BCUT2D eigenvalue weighted by Gasteiger charge is 2.16. The molecule has 0 bridgehead atoms. The van der Waals surface area contributed by atoms with E-state index < -0.39 is 0 Å². The summed E-state index contributed by atoms with van der Waals surface area (Å²) in [5.74, 6) is 0.322. The molecule has 1 aliphatic heterocycles. The van der Waals surface area contributed by atoms with Crippen LogP contribution in [0.5, 0.6) is 0 Å². The van der Waals surface area contributed by atoms with Crippen LogP contribution in [0.3, 0.4) is 0 Å². The van der Waals surface area contributed by atoms with Gasteiger partial charge in [-0.25, -0.2) is 9.97 Å². The van der Waals surface area contributed by atoms with Gasteiger partial charge in [-0.15, -0.1) is 0 Å². The van der Waals surface area contributed by atoms with Crippen molar-refractivity contribution in [2.75, 3.05) is 36.4 Å². The molecule has 0 atom stereocenters. The number of nitrogens with zero attached hydrogens (tertiary/aromatic N) is 6. The predicted molar refractivity (Wildman–Crippen MR) is 129 cm³/mol. The largest absolute Gasteiger partial charge is 0.368 e. The number of nitrogens with one attached hydrogen (secondary N) is 2. The number of fused-ring (bicyclic) bond motifs is 1. The smallest absolute Gasteiger partial charge is 0.245 e. The standard InChI is InChI=1S/C23H26N8O/c1-17(26-9-8-24-2)18-3-4-21(28-15-18)29-22(32)16-31-12-6-19-20(5-7-27-23(19)31)30-13-10-25-11-14-30/h3-9,12,15,25H,2,10-11,13-14,16H2,1H3,(H,28,29,32)/b9-8-,26-17+. The number of pyridine rings is 2. The quantitative estimate of drug-likeness (QED) is 0.561. The Balaban J connectivity index is 1.43. The fourth-order valence-corrected chi connectivity index (χ4v) is 3.67. The molecule has 0 saturated carbocycles. The second kappa shape index (κ2) is 9.97. The van der Waals surface area contributed by atoms with Crippen molar-refractivity contribution in [2.24, 2.45) is 9.98 Å². The van der Waals surface area contributed by atoms with Gasteiger partial charge in [0.25, 0.3) is 0 Å². The maximum atomic E-state index is 12.6. The van der Waals surface area contributed by atoms with Crippen LogP contribution in [0.4, 0.5) is 11.5 Å². The molecule has 4 rings (SSSR count). The molecule has 164 valence electrons. The van der Waals surface area contributed by atoms with E-state index in [1.54, 1.807) is 24.7 Å². The van der Waals surface area contributed by atoms with Crippen molar-refractivity contribution >= 4 is 40.9 Å². The molecule has 32 heavy (non-hydrogen) atoms. The number of hydrogen-bond donors (Lipinski definition) is 2. The maximum Gasteiger partial charge on any atom is 0.245 e. The summed E-state index contributed by atoms with van der Waals surface area (Å²) in [5, 5.41) is 7.27. The van der Waals surface area contributed by atoms with Crippen LogP contribution >= 0.6 is 0 Å². The zero-order valence-electron chi connectivity index (χ0n) is 18.0. The first-order valence-electron chi connectivity index (χ1n) is 10.5. The first kappa shape index (κ1) is 21.4. The minimum Gasteiger partial charge on any atom is -0.368 e. The van der Waals surface area contributed by atoms with Crippen LogP contribution in [-0.4, -0.2) is 59.1 Å². The van der Waals surface area contributed by atoms with Gasteiger partial charge < -0.3 is 20.1 Å². The lowest BCUT2D eigenvalue weighted by molar-refractivity contribution is -0.116. The van der Waals surface area contributed by atoms with Gasteiger partial charge in [0.1, 0.15) is 18.0 Å². The molecule has 3 aromatic heterocycles. The number of rotatable bonds is 7. The normalized spacial score (nSPS) is 14.8. The summed E-state index contributed by atoms with van der Waals surface area (Å²) in [4.78, 5) is 31.7. The van der Waals surface area contributed by atoms with Gasteiger partial charge in [0.05, 0.1) is 0 Å². The summed E-state index contributed by atoms with van der Waals surface area (Å²) in [6.07, 6.45) is 8.47. The number of hydrogen-bond acceptors (Lipinski definition) is 7. The van der Waals surface area contributed by atoms with Crippen LogP contribution in [0.2, 0.25) is 0 Å². The number of anilines is 2. The maximum absolute atomic E-state index is 12.6. The second-order valence-electron chi connectivity index (χ2n) is 7.42. The third kappa shape index (κ3) is 4.89. The third-order valence-corrected chi connectivity index (χ3v) is 5.30. The molecular formula is C23H26N8O. The number of carbonyl (C=O) groups is 1. The summed E-state index contributed by atoms with van der Waals surface area (Å²) in [5.41, 5.74) is 3.61. The van der Waals surface area contributed by atoms with Gasteiger partial charge >= 0.3 is 0 Å². The van der Waals surface area contributed by atoms with E-state index in [1.807, 2.05) is 35.9 Å². The Morgan fingerprint density at radius 1 is 1.22 bits per heavy atom. The van der Waals surface area contributed by atoms with Crippen LogP contribution in [0.15, 0.2) is 65.2 Å². The Labute approximate surface area is 186 Å². The molecule has 0 unspecified atom stereocenters. The topological polar surface area (TPSA) is 99.8 Å². The van der Waals surface area contributed by atoms with Crippen LogP contribution in [0, 0.1) is 0 Å². The Kier molecular flexibility index (Phi) is 6.66. The van der Waals surface area contributed by atoms with Gasteiger partial charge in [0.15, 0.2) is 0 Å². The zero-order valence-corrected chi connectivity index (χ0v) is 18.0. The molecule has 0 radical (unpaired) electrons. The Morgan fingerprint density at radius 3 is 2.81 bits per heavy atom. The van der Waals surface area contributed by atoms with E-state index >= 15 is 0 Å². The van der Waals surface area contributed by atoms with Crippen molar-refractivity contribution < 1.29 is 4.79 Å². The van der Waals surface area contributed by atoms with E-state index in [4.69, 9.17) is 0 Å². The van der Waals surface area contributed by atoms with Crippen molar-refractivity contribution in [2.45, 2.75) is 13.5 Å². The summed E-state index contributed by atoms with van der Waals surface area (Å²) < 4.78 is 1.86. The third-order valence-electron chi connectivity index (χ3n) is 5.30. The van der Waals surface area contributed by atoms with E-state index in [-0.39, 0.29) is 12.5 Å². The highest BCUT2D eigenvalue weighted by Crippen LogP contribution is 2.26. The fraction of sp³-hybridized carbons (Fsp3) is 0.261. The molecule has 2 N–H and O–H groups in total. The van der Waals surface area contributed by atoms with E-state index in [2.05, 4.69) is 42.2 Å². The van der Waals surface area contributed by atoms with Gasteiger partial charge in [-0.3, -0.25) is 14.8 Å². The van der Waals surface area contributed by atoms with Gasteiger partial charge in [-0.2, -0.15) is 0 Å². The summed E-state index contributed by atoms with van der Waals surface area (Å²) in [6.45, 7) is 9.25. The molecule has 0 spiro atoms. The zero-order chi connectivity index (χ0) is 22.3. The van der Waals surface area contributed by atoms with Gasteiger partial charge in [-0.05, 0) is 37.9 Å². The number of amides is 1. The van der Waals surface area contributed by atoms with Crippen LogP contribution in [-0.2, 0) is 11.3 Å². The van der Waals surface area contributed by atoms with Crippen molar-refractivity contribution in [3.8, 4) is 0 Å². The highest BCUT2D eigenvalue weighted by molar-refractivity contribution is 5.99. The lowest BCUT2D eigenvalue weighted by Gasteiger charge is -2.29. The number of carbonyl (C=O) groups excluding carboxylic acids is 1. The summed E-state index contributed by atoms with van der Waals surface area (Å²) >= 11 is 0. The van der Waals surface area contributed by atoms with Crippen molar-refractivity contribution in [3.05, 3.63) is 60.8 Å². The first-order valence-corrected chi connectivity index (χ1v) is 10.5. The molecule has 1 aliphatic rings. The summed E-state index contributed by atoms with van der Waals surface area (Å²) in [6, 6.07) is 7.69. The molecule has 0 aromatic carbocycles. The molecular weight excluding hydrogens is 404 g/mol. The molecule has 9 heteroatoms. The average molecular weight is 431 g/mol. The van der Waals surface area contributed by atoms with Crippen molar-refractivity contribution in [1.29, 1.82) is 0 Å². The lowest BCUT2D eigenvalue weighted by Crippen LogP contribution is -2.43. The number of aromatic nitrogens is 3. The molecule has 1 saturated heterocycles. The monoisotopic (exact) mass is 430 g/mol. The molecule has 0 aliphatic carbocycles. The van der Waals surface area contributed by atoms with Gasteiger partial charge in [-0.1, -0.05) is 0 Å². The SMILES string of the molecule is C=N/C=C\N=C(/C)c1ccc(NC(=O)Cn2ccc3c(N4CCNCC4)ccnc32)nc1. The predicted octanol–water partition coefficient (Wildman–Crippen LogP) is 2.46. The highest BCUT2D eigenvalue weighted by atomic mass is 16.2. The molecule has 3 aromatic rings. The minimum atomic E-state index is -0.164. The molecule has 4 heterocycles. The number of aliphatic imine (C=N–C) groups is 2. The number of piperazine rings is 1. The van der Waals surface area contributed by atoms with Crippen LogP contribution in [0.1, 0.15) is 12.5 Å². The van der Waals surface area contributed by atoms with Crippen LogP contribution in [0.25, 0.3) is 11.0 Å². The second-order valence-corrected chi connectivity index (χ2v) is 7.42. The van der Waals surface area contributed by atoms with Crippen molar-refractivity contribution in [1.82, 2.24) is 19.9 Å². The molecule has 9 nitrogen and oxygen atoms in total. The minimum absolute atomic E-state index is 0.158. The molecule has 1 fully saturated rings. The Hall–Kier alpha value is -3.85. The average Bonchev–Trinajstić information content (AvgIpc) is 3.23. The summed E-state index contributed by atoms with van der Waals surface area (Å²) in [7, 11) is 0. The first-order chi connectivity index (χ1) is 15.7. The van der Waals surface area contributed by atoms with E-state index in [0.717, 1.165) is 54.2 Å². The van der Waals surface area contributed by atoms with E-state index in [1.165, 1.54) is 6.20 Å².